The van der Waals surface area contributed by atoms with E-state index in [4.69, 9.17) is 0 Å². The number of hydrogen-bond acceptors (Lipinski definition) is 4. The summed E-state index contributed by atoms with van der Waals surface area (Å²) in [4.78, 5) is 9.60. The average Bonchev–Trinajstić information content (AvgIpc) is 2.92. The molecule has 21 heavy (non-hydrogen) atoms. The Hall–Kier alpha value is -2.08. The maximum atomic E-state index is 13.4. The lowest BCUT2D eigenvalue weighted by Crippen LogP contribution is -2.04. The van der Waals surface area contributed by atoms with Crippen molar-refractivity contribution in [3.63, 3.8) is 0 Å². The van der Waals surface area contributed by atoms with E-state index in [2.05, 4.69) is 22.2 Å². The third-order valence-electron chi connectivity index (χ3n) is 2.99. The molecule has 0 spiro atoms. The van der Waals surface area contributed by atoms with Gasteiger partial charge in [-0.1, -0.05) is 6.92 Å². The van der Waals surface area contributed by atoms with Crippen molar-refractivity contribution in [2.24, 2.45) is 0 Å². The van der Waals surface area contributed by atoms with Crippen LogP contribution >= 0.6 is 11.3 Å². The van der Waals surface area contributed by atoms with Gasteiger partial charge in [0.15, 0.2) is 5.82 Å². The molecule has 0 aliphatic carbocycles. The monoisotopic (exact) mass is 305 g/mol. The number of rotatable bonds is 4. The van der Waals surface area contributed by atoms with E-state index in [-0.39, 0.29) is 0 Å². The van der Waals surface area contributed by atoms with Crippen LogP contribution in [0.25, 0.3) is 21.6 Å². The molecule has 6 heteroatoms. The summed E-state index contributed by atoms with van der Waals surface area (Å²) in [6.45, 7) is 2.83. The summed E-state index contributed by atoms with van der Waals surface area (Å²) >= 11 is 1.47. The highest BCUT2D eigenvalue weighted by molar-refractivity contribution is 7.16. The quantitative estimate of drug-likeness (QED) is 0.773. The molecule has 3 rings (SSSR count). The van der Waals surface area contributed by atoms with Gasteiger partial charge in [0, 0.05) is 18.2 Å². The number of thiophene rings is 1. The second-order valence-electron chi connectivity index (χ2n) is 4.62. The van der Waals surface area contributed by atoms with Crippen molar-refractivity contribution < 1.29 is 8.78 Å². The van der Waals surface area contributed by atoms with Gasteiger partial charge in [0.1, 0.15) is 22.3 Å². The molecule has 108 valence electrons. The maximum Gasteiger partial charge on any atom is 0.163 e. The zero-order chi connectivity index (χ0) is 14.8. The fourth-order valence-electron chi connectivity index (χ4n) is 2.05. The van der Waals surface area contributed by atoms with Crippen molar-refractivity contribution in [1.29, 1.82) is 0 Å². The number of fused-ring (bicyclic) bond motifs is 1. The molecular weight excluding hydrogens is 292 g/mol. The van der Waals surface area contributed by atoms with Crippen LogP contribution in [0.1, 0.15) is 13.3 Å². The van der Waals surface area contributed by atoms with Gasteiger partial charge in [0.2, 0.25) is 0 Å². The van der Waals surface area contributed by atoms with Crippen molar-refractivity contribution in [1.82, 2.24) is 9.97 Å². The Labute approximate surface area is 124 Å². The zero-order valence-electron chi connectivity index (χ0n) is 11.4. The molecule has 0 atom stereocenters. The van der Waals surface area contributed by atoms with Crippen molar-refractivity contribution >= 4 is 27.4 Å². The molecule has 0 amide bonds. The molecule has 2 aromatic heterocycles. The Balaban J connectivity index is 2.13. The minimum Gasteiger partial charge on any atom is -0.369 e. The summed E-state index contributed by atoms with van der Waals surface area (Å²) in [5.41, 5.74) is 0.336. The third kappa shape index (κ3) is 2.85. The minimum atomic E-state index is -0.636. The van der Waals surface area contributed by atoms with Crippen molar-refractivity contribution in [2.75, 3.05) is 11.9 Å². The van der Waals surface area contributed by atoms with Crippen LogP contribution in [-0.4, -0.2) is 16.5 Å². The summed E-state index contributed by atoms with van der Waals surface area (Å²) in [5.74, 6) is -0.254. The number of anilines is 1. The fourth-order valence-corrected chi connectivity index (χ4v) is 2.81. The standard InChI is InChI=1S/C15H13F2N3S/c1-2-4-18-14-12-3-5-21-15(12)20-13(19-14)9-6-10(16)8-11(17)7-9/h3,5-8H,2,4H2,1H3,(H,18,19,20). The van der Waals surface area contributed by atoms with Crippen LogP contribution in [-0.2, 0) is 0 Å². The number of nitrogens with zero attached hydrogens (tertiary/aromatic N) is 2. The first kappa shape index (κ1) is 13.9. The van der Waals surface area contributed by atoms with Crippen LogP contribution in [0.15, 0.2) is 29.6 Å². The zero-order valence-corrected chi connectivity index (χ0v) is 12.2. The van der Waals surface area contributed by atoms with Crippen molar-refractivity contribution in [3.05, 3.63) is 41.3 Å². The van der Waals surface area contributed by atoms with E-state index in [9.17, 15) is 8.78 Å². The molecule has 3 aromatic rings. The van der Waals surface area contributed by atoms with Gasteiger partial charge < -0.3 is 5.32 Å². The highest BCUT2D eigenvalue weighted by atomic mass is 32.1. The molecule has 0 aliphatic rings. The van der Waals surface area contributed by atoms with Crippen molar-refractivity contribution in [2.45, 2.75) is 13.3 Å². The van der Waals surface area contributed by atoms with Gasteiger partial charge in [-0.05, 0) is 30.0 Å². The van der Waals surface area contributed by atoms with Gasteiger partial charge in [0.05, 0.1) is 5.39 Å². The Bertz CT molecular complexity index is 765. The topological polar surface area (TPSA) is 37.8 Å². The summed E-state index contributed by atoms with van der Waals surface area (Å²) in [6, 6.07) is 5.25. The molecule has 0 radical (unpaired) electrons. The predicted octanol–water partition coefficient (Wildman–Crippen LogP) is 4.46. The smallest absolute Gasteiger partial charge is 0.163 e. The van der Waals surface area contributed by atoms with Gasteiger partial charge in [-0.25, -0.2) is 18.7 Å². The molecule has 1 aromatic carbocycles. The molecule has 3 nitrogen and oxygen atoms in total. The Morgan fingerprint density at radius 3 is 2.62 bits per heavy atom. The van der Waals surface area contributed by atoms with Gasteiger partial charge >= 0.3 is 0 Å². The van der Waals surface area contributed by atoms with Crippen molar-refractivity contribution in [3.8, 4) is 11.4 Å². The Kier molecular flexibility index (Phi) is 3.79. The first-order valence-electron chi connectivity index (χ1n) is 6.63. The second kappa shape index (κ2) is 5.73. The van der Waals surface area contributed by atoms with Crippen LogP contribution in [0.5, 0.6) is 0 Å². The van der Waals surface area contributed by atoms with E-state index >= 15 is 0 Å². The summed E-state index contributed by atoms with van der Waals surface area (Å²) in [7, 11) is 0. The number of nitrogens with one attached hydrogen (secondary N) is 1. The summed E-state index contributed by atoms with van der Waals surface area (Å²) < 4.78 is 26.7. The number of halogens is 2. The molecule has 0 unspecified atom stereocenters. The van der Waals surface area contributed by atoms with E-state index in [1.807, 2.05) is 11.4 Å². The lowest BCUT2D eigenvalue weighted by molar-refractivity contribution is 0.584. The van der Waals surface area contributed by atoms with Gasteiger partial charge in [0.25, 0.3) is 0 Å². The SMILES string of the molecule is CCCNc1nc(-c2cc(F)cc(F)c2)nc2sccc12. The van der Waals surface area contributed by atoms with E-state index < -0.39 is 11.6 Å². The highest BCUT2D eigenvalue weighted by Crippen LogP contribution is 2.29. The maximum absolute atomic E-state index is 13.4. The lowest BCUT2D eigenvalue weighted by Gasteiger charge is -2.08. The predicted molar refractivity (Wildman–Crippen MR) is 81.5 cm³/mol. The summed E-state index contributed by atoms with van der Waals surface area (Å²) in [5, 5.41) is 6.08. The number of benzene rings is 1. The van der Waals surface area contributed by atoms with Gasteiger partial charge in [-0.2, -0.15) is 0 Å². The molecule has 0 aliphatic heterocycles. The third-order valence-corrected chi connectivity index (χ3v) is 3.79. The average molecular weight is 305 g/mol. The second-order valence-corrected chi connectivity index (χ2v) is 5.51. The summed E-state index contributed by atoms with van der Waals surface area (Å²) in [6.07, 6.45) is 0.958. The van der Waals surface area contributed by atoms with E-state index in [1.165, 1.54) is 23.5 Å². The van der Waals surface area contributed by atoms with Crippen LogP contribution in [0.2, 0.25) is 0 Å². The first-order chi connectivity index (χ1) is 10.2. The lowest BCUT2D eigenvalue weighted by atomic mass is 10.2. The van der Waals surface area contributed by atoms with Crippen LogP contribution in [0.3, 0.4) is 0 Å². The van der Waals surface area contributed by atoms with Crippen LogP contribution < -0.4 is 5.32 Å². The molecular formula is C15H13F2N3S. The van der Waals surface area contributed by atoms with Crippen LogP contribution in [0, 0.1) is 11.6 Å². The number of hydrogen-bond donors (Lipinski definition) is 1. The van der Waals surface area contributed by atoms with Gasteiger partial charge in [-0.3, -0.25) is 0 Å². The number of aromatic nitrogens is 2. The minimum absolute atomic E-state index is 0.321. The Morgan fingerprint density at radius 1 is 1.14 bits per heavy atom. The fraction of sp³-hybridized carbons (Fsp3) is 0.200. The van der Waals surface area contributed by atoms with Gasteiger partial charge in [-0.15, -0.1) is 11.3 Å². The molecule has 2 heterocycles. The molecule has 0 saturated heterocycles. The van der Waals surface area contributed by atoms with E-state index in [0.29, 0.717) is 17.2 Å². The first-order valence-corrected chi connectivity index (χ1v) is 7.51. The molecule has 0 saturated carbocycles. The Morgan fingerprint density at radius 2 is 1.90 bits per heavy atom. The molecule has 0 fully saturated rings. The van der Waals surface area contributed by atoms with Crippen LogP contribution in [0.4, 0.5) is 14.6 Å². The molecule has 1 N–H and O–H groups in total. The normalized spacial score (nSPS) is 11.0. The van der Waals surface area contributed by atoms with E-state index in [0.717, 1.165) is 29.2 Å². The largest absolute Gasteiger partial charge is 0.369 e. The molecule has 0 bridgehead atoms. The highest BCUT2D eigenvalue weighted by Gasteiger charge is 2.12. The van der Waals surface area contributed by atoms with E-state index in [1.54, 1.807) is 0 Å².